The van der Waals surface area contributed by atoms with Crippen molar-refractivity contribution in [1.29, 1.82) is 0 Å². The van der Waals surface area contributed by atoms with Gasteiger partial charge in [-0.3, -0.25) is 19.8 Å². The number of esters is 1. The zero-order chi connectivity index (χ0) is 21.4. The Balaban J connectivity index is 0.00000450. The van der Waals surface area contributed by atoms with Gasteiger partial charge in [0.05, 0.1) is 12.6 Å². The minimum Gasteiger partial charge on any atom is -0.480 e. The van der Waals surface area contributed by atoms with Crippen LogP contribution in [0.4, 0.5) is 0 Å². The maximum Gasteiger partial charge on any atom is 0.331 e. The summed E-state index contributed by atoms with van der Waals surface area (Å²) >= 11 is 0. The van der Waals surface area contributed by atoms with Gasteiger partial charge in [-0.1, -0.05) is 37.3 Å². The van der Waals surface area contributed by atoms with E-state index in [1.807, 2.05) is 37.3 Å². The highest BCUT2D eigenvalue weighted by Crippen LogP contribution is 2.31. The summed E-state index contributed by atoms with van der Waals surface area (Å²) in [4.78, 5) is 39.5. The number of hydrogen-bond acceptors (Lipinski definition) is 6. The van der Waals surface area contributed by atoms with Crippen LogP contribution < -0.4 is 5.32 Å². The second-order valence-corrected chi connectivity index (χ2v) is 7.43. The minimum absolute atomic E-state index is 0. The van der Waals surface area contributed by atoms with E-state index in [0.29, 0.717) is 32.4 Å². The maximum absolute atomic E-state index is 13.2. The fourth-order valence-corrected chi connectivity index (χ4v) is 4.13. The number of ether oxygens (including phenoxy) is 1. The predicted molar refractivity (Wildman–Crippen MR) is 117 cm³/mol. The molecule has 1 saturated heterocycles. The topological polar surface area (TPSA) is 95.9 Å². The van der Waals surface area contributed by atoms with Crippen LogP contribution >= 0.6 is 12.4 Å². The van der Waals surface area contributed by atoms with E-state index < -0.39 is 35.3 Å². The number of nitrogens with zero attached hydrogens (tertiary/aromatic N) is 1. The largest absolute Gasteiger partial charge is 0.480 e. The first kappa shape index (κ1) is 26.1. The number of halogens is 1. The Hall–Kier alpha value is -1.96. The SMILES string of the molecule is CCOC(=O)C(CCc1ccccc1)N[C@@H](C)C(=O)[C@@]1(C(=O)O)CCCN1CC.Cl. The maximum atomic E-state index is 13.2. The Morgan fingerprint density at radius 3 is 2.47 bits per heavy atom. The van der Waals surface area contributed by atoms with Crippen LogP contribution in [0.2, 0.25) is 0 Å². The molecule has 7 nitrogen and oxygen atoms in total. The number of aryl methyl sites for hydroxylation is 1. The van der Waals surface area contributed by atoms with Gasteiger partial charge in [0.1, 0.15) is 6.04 Å². The number of nitrogens with one attached hydrogen (secondary N) is 1. The number of Topliss-reactive ketones (excluding diaryl/α,β-unsaturated/α-hetero) is 1. The van der Waals surface area contributed by atoms with Crippen LogP contribution in [0.15, 0.2) is 30.3 Å². The second-order valence-electron chi connectivity index (χ2n) is 7.43. The van der Waals surface area contributed by atoms with E-state index >= 15 is 0 Å². The van der Waals surface area contributed by atoms with E-state index in [1.54, 1.807) is 18.7 Å². The van der Waals surface area contributed by atoms with Gasteiger partial charge in [0.15, 0.2) is 11.3 Å². The number of likely N-dealkylation sites (tertiary alicyclic amines) is 1. The average molecular weight is 441 g/mol. The van der Waals surface area contributed by atoms with Crippen molar-refractivity contribution in [1.82, 2.24) is 10.2 Å². The number of benzene rings is 1. The zero-order valence-corrected chi connectivity index (χ0v) is 18.7. The summed E-state index contributed by atoms with van der Waals surface area (Å²) in [5.41, 5.74) is -0.447. The molecule has 0 saturated carbocycles. The standard InChI is InChI=1S/C22H32N2O5.ClH/c1-4-24-15-9-14-22(24,21(27)28)19(25)16(3)23-18(20(26)29-5-2)13-12-17-10-7-6-8-11-17;/h6-8,10-11,16,18,23H,4-5,9,12-15H2,1-3H3,(H,27,28);1H/t16-,18?,22+;/m0./s1. The van der Waals surface area contributed by atoms with E-state index in [4.69, 9.17) is 4.74 Å². The summed E-state index contributed by atoms with van der Waals surface area (Å²) < 4.78 is 5.17. The molecule has 2 N–H and O–H groups in total. The number of hydrogen-bond donors (Lipinski definition) is 2. The van der Waals surface area contributed by atoms with Gasteiger partial charge >= 0.3 is 11.9 Å². The molecule has 30 heavy (non-hydrogen) atoms. The molecule has 2 rings (SSSR count). The van der Waals surface area contributed by atoms with Crippen molar-refractivity contribution in [3.8, 4) is 0 Å². The summed E-state index contributed by atoms with van der Waals surface area (Å²) in [5.74, 6) is -1.95. The van der Waals surface area contributed by atoms with Crippen molar-refractivity contribution in [2.24, 2.45) is 0 Å². The summed E-state index contributed by atoms with van der Waals surface area (Å²) in [7, 11) is 0. The first-order valence-electron chi connectivity index (χ1n) is 10.4. The third-order valence-corrected chi connectivity index (χ3v) is 5.63. The van der Waals surface area contributed by atoms with Gasteiger partial charge in [-0.25, -0.2) is 4.79 Å². The van der Waals surface area contributed by atoms with Crippen molar-refractivity contribution in [2.45, 2.75) is 64.1 Å². The van der Waals surface area contributed by atoms with E-state index in [-0.39, 0.29) is 25.4 Å². The van der Waals surface area contributed by atoms with Crippen LogP contribution in [0.3, 0.4) is 0 Å². The van der Waals surface area contributed by atoms with Gasteiger partial charge in [-0.05, 0) is 58.2 Å². The lowest BCUT2D eigenvalue weighted by Crippen LogP contribution is -2.62. The normalized spacial score (nSPS) is 20.8. The molecule has 1 aromatic rings. The van der Waals surface area contributed by atoms with Gasteiger partial charge in [-0.2, -0.15) is 0 Å². The quantitative estimate of drug-likeness (QED) is 0.403. The van der Waals surface area contributed by atoms with Crippen LogP contribution in [0.25, 0.3) is 0 Å². The summed E-state index contributed by atoms with van der Waals surface area (Å²) in [6.45, 7) is 6.53. The fourth-order valence-electron chi connectivity index (χ4n) is 4.13. The van der Waals surface area contributed by atoms with E-state index in [0.717, 1.165) is 5.56 Å². The Morgan fingerprint density at radius 2 is 1.90 bits per heavy atom. The number of ketones is 1. The van der Waals surface area contributed by atoms with Gasteiger partial charge in [0.25, 0.3) is 0 Å². The zero-order valence-electron chi connectivity index (χ0n) is 17.9. The van der Waals surface area contributed by atoms with Crippen molar-refractivity contribution in [3.05, 3.63) is 35.9 Å². The molecule has 168 valence electrons. The molecule has 0 amide bonds. The molecular weight excluding hydrogens is 408 g/mol. The van der Waals surface area contributed by atoms with Crippen LogP contribution in [0, 0.1) is 0 Å². The number of rotatable bonds is 11. The number of likely N-dealkylation sites (N-methyl/N-ethyl adjacent to an activating group) is 1. The highest BCUT2D eigenvalue weighted by Gasteiger charge is 2.54. The number of carboxylic acid groups (broad SMARTS) is 1. The van der Waals surface area contributed by atoms with Crippen LogP contribution in [0.1, 0.15) is 45.6 Å². The predicted octanol–water partition coefficient (Wildman–Crippen LogP) is 2.46. The Bertz CT molecular complexity index is 715. The number of carbonyl (C=O) groups is 3. The molecule has 8 heteroatoms. The highest BCUT2D eigenvalue weighted by molar-refractivity contribution is 6.10. The Morgan fingerprint density at radius 1 is 1.23 bits per heavy atom. The van der Waals surface area contributed by atoms with E-state index in [1.165, 1.54) is 0 Å². The molecule has 0 bridgehead atoms. The average Bonchev–Trinajstić information content (AvgIpc) is 3.16. The molecule has 0 spiro atoms. The van der Waals surface area contributed by atoms with Gasteiger partial charge < -0.3 is 9.84 Å². The molecule has 0 radical (unpaired) electrons. The fraction of sp³-hybridized carbons (Fsp3) is 0.591. The first-order chi connectivity index (χ1) is 13.9. The Labute approximate surface area is 184 Å². The molecule has 1 aliphatic rings. The first-order valence-corrected chi connectivity index (χ1v) is 10.4. The summed E-state index contributed by atoms with van der Waals surface area (Å²) in [5, 5.41) is 12.9. The van der Waals surface area contributed by atoms with Crippen molar-refractivity contribution >= 4 is 30.1 Å². The van der Waals surface area contributed by atoms with Gasteiger partial charge in [0.2, 0.25) is 0 Å². The van der Waals surface area contributed by atoms with Crippen molar-refractivity contribution < 1.29 is 24.2 Å². The lowest BCUT2D eigenvalue weighted by Gasteiger charge is -2.35. The Kier molecular flexibility index (Phi) is 10.5. The van der Waals surface area contributed by atoms with Gasteiger partial charge in [0, 0.05) is 0 Å². The van der Waals surface area contributed by atoms with E-state index in [9.17, 15) is 19.5 Å². The molecular formula is C22H33ClN2O5. The number of aliphatic carboxylic acids is 1. The smallest absolute Gasteiger partial charge is 0.331 e. The minimum atomic E-state index is -1.53. The molecule has 3 atom stereocenters. The number of carbonyl (C=O) groups excluding carboxylic acids is 2. The molecule has 1 unspecified atom stereocenters. The summed E-state index contributed by atoms with van der Waals surface area (Å²) in [6, 6.07) is 8.29. The van der Waals surface area contributed by atoms with Gasteiger partial charge in [-0.15, -0.1) is 12.4 Å². The lowest BCUT2D eigenvalue weighted by molar-refractivity contribution is -0.156. The van der Waals surface area contributed by atoms with Crippen molar-refractivity contribution in [2.75, 3.05) is 19.7 Å². The second kappa shape index (κ2) is 12.0. The summed E-state index contributed by atoms with van der Waals surface area (Å²) in [6.07, 6.45) is 2.05. The van der Waals surface area contributed by atoms with Crippen LogP contribution in [-0.2, 0) is 25.5 Å². The molecule has 1 fully saturated rings. The highest BCUT2D eigenvalue weighted by atomic mass is 35.5. The molecule has 0 aliphatic carbocycles. The molecule has 0 aromatic heterocycles. The lowest BCUT2D eigenvalue weighted by atomic mass is 9.86. The molecule has 1 heterocycles. The number of carboxylic acids is 1. The molecule has 1 aromatic carbocycles. The van der Waals surface area contributed by atoms with E-state index in [2.05, 4.69) is 5.32 Å². The molecule has 1 aliphatic heterocycles. The monoisotopic (exact) mass is 440 g/mol. The van der Waals surface area contributed by atoms with Crippen LogP contribution in [-0.4, -0.2) is 65.0 Å². The van der Waals surface area contributed by atoms with Crippen LogP contribution in [0.5, 0.6) is 0 Å². The third-order valence-electron chi connectivity index (χ3n) is 5.63. The van der Waals surface area contributed by atoms with Crippen molar-refractivity contribution in [3.63, 3.8) is 0 Å². The third kappa shape index (κ3) is 5.80.